The molecule has 5 amide bonds. The first-order valence-corrected chi connectivity index (χ1v) is 23.7. The fourth-order valence-corrected chi connectivity index (χ4v) is 10.6. The SMILES string of the molecule is COc1cc2cc(c1Cl)N(C)C(=O)C[C@H](OC(=O)[C@H](C)N(C)C(=O)CCC(C)SSCCCN1C(=O)C=CC1=O)[C@]1(C)O[C@H]1[C@H](C)[C@@H]1C[C@@](O)(NC(=O)O1)[C@H](OC)/C=C/C=C(\C)C2. The van der Waals surface area contributed by atoms with Crippen molar-refractivity contribution in [3.8, 4) is 5.75 Å². The molecule has 4 aliphatic heterocycles. The van der Waals surface area contributed by atoms with Crippen LogP contribution in [-0.4, -0.2) is 138 Å². The Hall–Kier alpha value is -4.07. The molecule has 0 aliphatic carbocycles. The zero-order chi connectivity index (χ0) is 46.4. The molecule has 1 unspecified atom stereocenters. The van der Waals surface area contributed by atoms with Gasteiger partial charge in [0.15, 0.2) is 5.72 Å². The number of hydrogen-bond acceptors (Lipinski definition) is 14. The number of ether oxygens (including phenoxy) is 5. The minimum absolute atomic E-state index is 0.0711. The largest absolute Gasteiger partial charge is 0.495 e. The fraction of sp³-hybridized carbons (Fsp3) is 0.591. The van der Waals surface area contributed by atoms with Crippen LogP contribution in [0.1, 0.15) is 72.3 Å². The summed E-state index contributed by atoms with van der Waals surface area (Å²) in [6.07, 6.45) is 4.60. The van der Waals surface area contributed by atoms with Gasteiger partial charge in [0.2, 0.25) is 11.8 Å². The van der Waals surface area contributed by atoms with Crippen LogP contribution in [0, 0.1) is 5.92 Å². The molecule has 4 heterocycles. The normalized spacial score (nSPS) is 29.8. The number of alkyl carbamates (subject to hydrolysis) is 1. The Labute approximate surface area is 381 Å². The van der Waals surface area contributed by atoms with Crippen LogP contribution in [-0.2, 0) is 49.3 Å². The number of amides is 5. The molecule has 4 aliphatic rings. The van der Waals surface area contributed by atoms with E-state index in [4.69, 9.17) is 35.3 Å². The fourth-order valence-electron chi connectivity index (χ4n) is 7.87. The maximum atomic E-state index is 14.3. The van der Waals surface area contributed by atoms with Gasteiger partial charge < -0.3 is 38.6 Å². The summed E-state index contributed by atoms with van der Waals surface area (Å²) in [5.41, 5.74) is -1.02. The van der Waals surface area contributed by atoms with E-state index >= 15 is 0 Å². The van der Waals surface area contributed by atoms with E-state index in [9.17, 15) is 33.9 Å². The zero-order valence-corrected chi connectivity index (χ0v) is 39.6. The molecule has 0 spiro atoms. The Kier molecular flexibility index (Phi) is 16.9. The third-order valence-electron chi connectivity index (χ3n) is 12.0. The standard InChI is InChI=1S/C44H59ClN4O12S2/c1-25-12-10-13-33(58-9)44(56)24-32(59-42(55)46-44)27(3)40-43(5,61-40)34(23-38(53)48(7)30-21-29(20-25)22-31(57-8)39(30)45)60-41(54)28(4)47(6)35(50)15-14-26(2)63-62-19-11-18-49-36(51)16-17-37(49)52/h10,12-13,16-17,21-22,26-28,32-34,40,56H,11,14-15,18-20,23-24H2,1-9H3,(H,46,55)/b13-10+,25-12+/t26?,27-,28+,32+,33-,34+,40+,43+,44+/m1/s1. The number of methoxy groups -OCH3 is 2. The maximum Gasteiger partial charge on any atom is 0.409 e. The molecular formula is C44H59ClN4O12S2. The summed E-state index contributed by atoms with van der Waals surface area (Å²) < 4.78 is 29.4. The predicted molar refractivity (Wildman–Crippen MR) is 240 cm³/mol. The van der Waals surface area contributed by atoms with Crippen LogP contribution < -0.4 is 15.0 Å². The number of epoxide rings is 1. The molecule has 5 rings (SSSR count). The molecule has 1 aromatic carbocycles. The molecule has 0 aromatic heterocycles. The van der Waals surface area contributed by atoms with Crippen molar-refractivity contribution in [2.45, 2.75) is 120 Å². The Balaban J connectivity index is 1.32. The van der Waals surface area contributed by atoms with Crippen LogP contribution in [0.15, 0.2) is 48.1 Å². The quantitative estimate of drug-likeness (QED) is 0.0794. The molecule has 63 heavy (non-hydrogen) atoms. The lowest BCUT2D eigenvalue weighted by Gasteiger charge is -2.42. The summed E-state index contributed by atoms with van der Waals surface area (Å²) in [6, 6.07) is 2.54. The highest BCUT2D eigenvalue weighted by atomic mass is 35.5. The van der Waals surface area contributed by atoms with Gasteiger partial charge in [0.05, 0.1) is 25.3 Å². The molecule has 2 saturated heterocycles. The van der Waals surface area contributed by atoms with Crippen LogP contribution in [0.25, 0.3) is 0 Å². The number of aliphatic hydroxyl groups is 1. The minimum Gasteiger partial charge on any atom is -0.495 e. The summed E-state index contributed by atoms with van der Waals surface area (Å²) in [6.45, 7) is 9.32. The van der Waals surface area contributed by atoms with Crippen molar-refractivity contribution in [2.24, 2.45) is 5.92 Å². The van der Waals surface area contributed by atoms with Crippen LogP contribution >= 0.6 is 33.2 Å². The number of halogens is 1. The molecule has 346 valence electrons. The average Bonchev–Trinajstić information content (AvgIpc) is 3.84. The van der Waals surface area contributed by atoms with Crippen molar-refractivity contribution in [2.75, 3.05) is 45.5 Å². The first kappa shape index (κ1) is 49.9. The zero-order valence-electron chi connectivity index (χ0n) is 37.2. The number of nitrogens with one attached hydrogen (secondary N) is 1. The van der Waals surface area contributed by atoms with E-state index in [1.807, 2.05) is 19.9 Å². The topological polar surface area (TPSA) is 194 Å². The van der Waals surface area contributed by atoms with Gasteiger partial charge in [0, 0.05) is 69.7 Å². The van der Waals surface area contributed by atoms with Crippen molar-refractivity contribution in [1.82, 2.24) is 15.1 Å². The number of esters is 1. The lowest BCUT2D eigenvalue weighted by Crippen LogP contribution is -2.63. The highest BCUT2D eigenvalue weighted by molar-refractivity contribution is 8.76. The van der Waals surface area contributed by atoms with E-state index in [-0.39, 0.29) is 47.3 Å². The second-order valence-corrected chi connectivity index (χ2v) is 20.0. The molecule has 2 fully saturated rings. The Morgan fingerprint density at radius 2 is 1.84 bits per heavy atom. The van der Waals surface area contributed by atoms with E-state index in [2.05, 4.69) is 5.32 Å². The van der Waals surface area contributed by atoms with Crippen LogP contribution in [0.2, 0.25) is 5.02 Å². The van der Waals surface area contributed by atoms with E-state index in [0.717, 1.165) is 11.1 Å². The van der Waals surface area contributed by atoms with Gasteiger partial charge in [0.1, 0.15) is 40.7 Å². The van der Waals surface area contributed by atoms with Crippen molar-refractivity contribution >= 4 is 74.6 Å². The number of allylic oxidation sites excluding steroid dienone is 3. The van der Waals surface area contributed by atoms with E-state index in [1.165, 1.54) is 48.1 Å². The molecule has 19 heteroatoms. The number of likely N-dealkylation sites (N-methyl/N-ethyl adjacent to an activating group) is 1. The predicted octanol–water partition coefficient (Wildman–Crippen LogP) is 5.38. The average molecular weight is 936 g/mol. The lowest BCUT2D eigenvalue weighted by atomic mass is 9.83. The van der Waals surface area contributed by atoms with Gasteiger partial charge in [-0.15, -0.1) is 0 Å². The first-order chi connectivity index (χ1) is 29.7. The number of carbonyl (C=O) groups is 6. The first-order valence-electron chi connectivity index (χ1n) is 20.9. The molecule has 1 aromatic rings. The van der Waals surface area contributed by atoms with Crippen molar-refractivity contribution < 1.29 is 57.6 Å². The second-order valence-electron chi connectivity index (χ2n) is 16.7. The third kappa shape index (κ3) is 12.0. The Bertz CT molecular complexity index is 2000. The highest BCUT2D eigenvalue weighted by Gasteiger charge is 2.64. The molecule has 0 saturated carbocycles. The van der Waals surface area contributed by atoms with Gasteiger partial charge in [-0.3, -0.25) is 29.4 Å². The summed E-state index contributed by atoms with van der Waals surface area (Å²) in [5, 5.41) is 14.6. The number of benzene rings is 1. The van der Waals surface area contributed by atoms with Crippen LogP contribution in [0.4, 0.5) is 10.5 Å². The van der Waals surface area contributed by atoms with Crippen molar-refractivity contribution in [3.63, 3.8) is 0 Å². The van der Waals surface area contributed by atoms with Gasteiger partial charge >= 0.3 is 12.1 Å². The number of rotatable bonds is 14. The summed E-state index contributed by atoms with van der Waals surface area (Å²) in [5.74, 6) is -1.57. The van der Waals surface area contributed by atoms with Gasteiger partial charge in [-0.1, -0.05) is 70.8 Å². The number of fused-ring (bicyclic) bond motifs is 5. The van der Waals surface area contributed by atoms with E-state index in [1.54, 1.807) is 73.7 Å². The van der Waals surface area contributed by atoms with Crippen LogP contribution in [0.3, 0.4) is 0 Å². The molecular weight excluding hydrogens is 876 g/mol. The second kappa shape index (κ2) is 21.3. The minimum atomic E-state index is -1.85. The molecule has 4 bridgehead atoms. The van der Waals surface area contributed by atoms with Gasteiger partial charge in [0.25, 0.3) is 11.8 Å². The highest BCUT2D eigenvalue weighted by Crippen LogP contribution is 2.49. The number of carbonyl (C=O) groups excluding carboxylic acids is 6. The number of nitrogens with zero attached hydrogens (tertiary/aromatic N) is 3. The van der Waals surface area contributed by atoms with Crippen LogP contribution in [0.5, 0.6) is 5.75 Å². The molecule has 2 N–H and O–H groups in total. The van der Waals surface area contributed by atoms with Crippen molar-refractivity contribution in [1.29, 1.82) is 0 Å². The smallest absolute Gasteiger partial charge is 0.409 e. The third-order valence-corrected chi connectivity index (χ3v) is 15.5. The molecule has 9 atom stereocenters. The maximum absolute atomic E-state index is 14.3. The van der Waals surface area contributed by atoms with Crippen molar-refractivity contribution in [3.05, 3.63) is 58.7 Å². The Morgan fingerprint density at radius 1 is 1.14 bits per heavy atom. The number of anilines is 1. The Morgan fingerprint density at radius 3 is 2.51 bits per heavy atom. The number of imide groups is 1. The monoisotopic (exact) mass is 934 g/mol. The van der Waals surface area contributed by atoms with E-state index in [0.29, 0.717) is 43.0 Å². The molecule has 0 radical (unpaired) electrons. The summed E-state index contributed by atoms with van der Waals surface area (Å²) in [7, 11) is 9.21. The summed E-state index contributed by atoms with van der Waals surface area (Å²) >= 11 is 6.80. The lowest BCUT2D eigenvalue weighted by molar-refractivity contribution is -0.162. The van der Waals surface area contributed by atoms with Gasteiger partial charge in [-0.2, -0.15) is 0 Å². The van der Waals surface area contributed by atoms with Gasteiger partial charge in [-0.05, 0) is 57.7 Å². The van der Waals surface area contributed by atoms with E-state index < -0.39 is 65.7 Å². The summed E-state index contributed by atoms with van der Waals surface area (Å²) in [4.78, 5) is 82.1. The van der Waals surface area contributed by atoms with Gasteiger partial charge in [-0.25, -0.2) is 9.59 Å². The molecule has 16 nitrogen and oxygen atoms in total. The number of hydrogen-bond donors (Lipinski definition) is 2.